The van der Waals surface area contributed by atoms with Crippen LogP contribution in [0.3, 0.4) is 0 Å². The molecule has 1 aromatic heterocycles. The molecule has 2 atom stereocenters. The quantitative estimate of drug-likeness (QED) is 0.872. The Labute approximate surface area is 122 Å². The smallest absolute Gasteiger partial charge is 0.320 e. The van der Waals surface area contributed by atoms with Gasteiger partial charge in [-0.15, -0.1) is 0 Å². The van der Waals surface area contributed by atoms with Gasteiger partial charge in [0.15, 0.2) is 0 Å². The number of rotatable bonds is 3. The second-order valence-electron chi connectivity index (χ2n) is 5.59. The van der Waals surface area contributed by atoms with Gasteiger partial charge in [0.25, 0.3) is 0 Å². The molecular formula is C15H19F2N3O. The summed E-state index contributed by atoms with van der Waals surface area (Å²) in [7, 11) is 0. The molecule has 1 aromatic carbocycles. The van der Waals surface area contributed by atoms with E-state index in [0.717, 1.165) is 11.1 Å². The summed E-state index contributed by atoms with van der Waals surface area (Å²) < 4.78 is 33.4. The van der Waals surface area contributed by atoms with Crippen LogP contribution >= 0.6 is 0 Å². The summed E-state index contributed by atoms with van der Waals surface area (Å²) in [4.78, 5) is 6.54. The molecule has 0 radical (unpaired) electrons. The number of fused-ring (bicyclic) bond motifs is 1. The first kappa shape index (κ1) is 14.4. The van der Waals surface area contributed by atoms with Crippen molar-refractivity contribution in [1.29, 1.82) is 0 Å². The van der Waals surface area contributed by atoms with E-state index in [1.807, 2.05) is 19.9 Å². The third kappa shape index (κ3) is 2.78. The maximum absolute atomic E-state index is 13.4. The molecule has 1 fully saturated rings. The van der Waals surface area contributed by atoms with Gasteiger partial charge in [-0.25, -0.2) is 4.98 Å². The molecule has 0 spiro atoms. The fourth-order valence-electron chi connectivity index (χ4n) is 2.80. The van der Waals surface area contributed by atoms with E-state index in [0.29, 0.717) is 30.0 Å². The minimum Gasteiger partial charge on any atom is -0.376 e. The predicted molar refractivity (Wildman–Crippen MR) is 76.3 cm³/mol. The average molecular weight is 295 g/mol. The fourth-order valence-corrected chi connectivity index (χ4v) is 2.80. The molecule has 4 nitrogen and oxygen atoms in total. The topological polar surface area (TPSA) is 30.3 Å². The van der Waals surface area contributed by atoms with Gasteiger partial charge in [0.1, 0.15) is 5.82 Å². The van der Waals surface area contributed by atoms with Crippen LogP contribution in [0.5, 0.6) is 0 Å². The van der Waals surface area contributed by atoms with Crippen LogP contribution in [-0.2, 0) is 11.3 Å². The molecule has 0 unspecified atom stereocenters. The van der Waals surface area contributed by atoms with E-state index in [1.165, 1.54) is 0 Å². The van der Waals surface area contributed by atoms with Gasteiger partial charge in [-0.2, -0.15) is 8.78 Å². The Morgan fingerprint density at radius 3 is 2.86 bits per heavy atom. The number of halogens is 2. The van der Waals surface area contributed by atoms with E-state index in [-0.39, 0.29) is 12.1 Å². The van der Waals surface area contributed by atoms with Crippen LogP contribution in [0.25, 0.3) is 11.0 Å². The number of alkyl halides is 2. The number of hydrogen-bond acceptors (Lipinski definition) is 3. The zero-order chi connectivity index (χ0) is 15.0. The van der Waals surface area contributed by atoms with E-state index in [1.54, 1.807) is 18.2 Å². The molecule has 0 bridgehead atoms. The number of nitrogens with zero attached hydrogens (tertiary/aromatic N) is 3. The lowest BCUT2D eigenvalue weighted by Crippen LogP contribution is -2.47. The second kappa shape index (κ2) is 5.69. The van der Waals surface area contributed by atoms with Crippen molar-refractivity contribution < 1.29 is 13.5 Å². The third-order valence-corrected chi connectivity index (χ3v) is 3.95. The summed E-state index contributed by atoms with van der Waals surface area (Å²) in [6.45, 7) is 3.22. The molecule has 3 rings (SSSR count). The van der Waals surface area contributed by atoms with Crippen molar-refractivity contribution in [2.24, 2.45) is 0 Å². The fraction of sp³-hybridized carbons (Fsp3) is 0.533. The Morgan fingerprint density at radius 1 is 1.33 bits per heavy atom. The molecule has 21 heavy (non-hydrogen) atoms. The third-order valence-electron chi connectivity index (χ3n) is 3.95. The Balaban J connectivity index is 1.94. The number of imidazole rings is 1. The van der Waals surface area contributed by atoms with Gasteiger partial charge in [-0.3, -0.25) is 9.47 Å². The summed E-state index contributed by atoms with van der Waals surface area (Å²) in [6, 6.07) is 7.22. The predicted octanol–water partition coefficient (Wildman–Crippen LogP) is 3.04. The van der Waals surface area contributed by atoms with Crippen LogP contribution in [0.15, 0.2) is 24.3 Å². The molecule has 6 heteroatoms. The average Bonchev–Trinajstić information content (AvgIpc) is 2.80. The Bertz CT molecular complexity index is 628. The van der Waals surface area contributed by atoms with Crippen LogP contribution in [0.2, 0.25) is 0 Å². The van der Waals surface area contributed by atoms with Gasteiger partial charge in [0, 0.05) is 12.6 Å². The SMILES string of the molecule is C[C@@H]1CN(Cc2nc3ccccc3n2C(F)F)[C@H](C)CO1. The highest BCUT2D eigenvalue weighted by atomic mass is 19.3. The lowest BCUT2D eigenvalue weighted by molar-refractivity contribution is -0.0548. The van der Waals surface area contributed by atoms with Gasteiger partial charge < -0.3 is 4.74 Å². The molecule has 0 aliphatic carbocycles. The summed E-state index contributed by atoms with van der Waals surface area (Å²) in [5.41, 5.74) is 1.10. The number of aromatic nitrogens is 2. The molecule has 2 aromatic rings. The molecule has 2 heterocycles. The van der Waals surface area contributed by atoms with Gasteiger partial charge in [-0.1, -0.05) is 12.1 Å². The van der Waals surface area contributed by atoms with E-state index in [4.69, 9.17) is 4.74 Å². The summed E-state index contributed by atoms with van der Waals surface area (Å²) in [5, 5.41) is 0. The Hall–Kier alpha value is -1.53. The molecule has 0 N–H and O–H groups in total. The van der Waals surface area contributed by atoms with Crippen LogP contribution in [0, 0.1) is 0 Å². The number of hydrogen-bond donors (Lipinski definition) is 0. The molecule has 1 aliphatic heterocycles. The first-order chi connectivity index (χ1) is 10.1. The van der Waals surface area contributed by atoms with Gasteiger partial charge >= 0.3 is 6.55 Å². The largest absolute Gasteiger partial charge is 0.376 e. The molecule has 114 valence electrons. The van der Waals surface area contributed by atoms with Gasteiger partial charge in [0.05, 0.1) is 30.3 Å². The monoisotopic (exact) mass is 295 g/mol. The molecular weight excluding hydrogens is 276 g/mol. The zero-order valence-electron chi connectivity index (χ0n) is 12.2. The number of morpholine rings is 1. The van der Waals surface area contributed by atoms with Crippen molar-refractivity contribution >= 4 is 11.0 Å². The van der Waals surface area contributed by atoms with Gasteiger partial charge in [0.2, 0.25) is 0 Å². The maximum atomic E-state index is 13.4. The van der Waals surface area contributed by atoms with Crippen LogP contribution < -0.4 is 0 Å². The highest BCUT2D eigenvalue weighted by Gasteiger charge is 2.26. The summed E-state index contributed by atoms with van der Waals surface area (Å²) >= 11 is 0. The minimum atomic E-state index is -2.58. The van der Waals surface area contributed by atoms with Crippen molar-refractivity contribution in [1.82, 2.24) is 14.5 Å². The van der Waals surface area contributed by atoms with Crippen molar-refractivity contribution in [2.75, 3.05) is 13.2 Å². The van der Waals surface area contributed by atoms with Crippen molar-refractivity contribution in [3.63, 3.8) is 0 Å². The first-order valence-corrected chi connectivity index (χ1v) is 7.16. The Morgan fingerprint density at radius 2 is 2.10 bits per heavy atom. The normalized spacial score (nSPS) is 24.0. The van der Waals surface area contributed by atoms with Crippen LogP contribution in [0.1, 0.15) is 26.2 Å². The second-order valence-corrected chi connectivity index (χ2v) is 5.59. The van der Waals surface area contributed by atoms with E-state index in [9.17, 15) is 8.78 Å². The molecule has 0 amide bonds. The number of benzene rings is 1. The number of para-hydroxylation sites is 2. The highest BCUT2D eigenvalue weighted by molar-refractivity contribution is 5.75. The number of ether oxygens (including phenoxy) is 1. The van der Waals surface area contributed by atoms with Crippen molar-refractivity contribution in [2.45, 2.75) is 39.1 Å². The van der Waals surface area contributed by atoms with Crippen LogP contribution in [-0.4, -0.2) is 39.7 Å². The summed E-state index contributed by atoms with van der Waals surface area (Å²) in [5.74, 6) is 0.409. The lowest BCUT2D eigenvalue weighted by atomic mass is 10.2. The van der Waals surface area contributed by atoms with Crippen molar-refractivity contribution in [3.05, 3.63) is 30.1 Å². The van der Waals surface area contributed by atoms with Crippen molar-refractivity contribution in [3.8, 4) is 0 Å². The Kier molecular flexibility index (Phi) is 3.91. The first-order valence-electron chi connectivity index (χ1n) is 7.16. The maximum Gasteiger partial charge on any atom is 0.320 e. The van der Waals surface area contributed by atoms with Crippen LogP contribution in [0.4, 0.5) is 8.78 Å². The lowest BCUT2D eigenvalue weighted by Gasteiger charge is -2.36. The van der Waals surface area contributed by atoms with E-state index >= 15 is 0 Å². The summed E-state index contributed by atoms with van der Waals surface area (Å²) in [6.07, 6.45) is 0.116. The molecule has 0 saturated carbocycles. The highest BCUT2D eigenvalue weighted by Crippen LogP contribution is 2.25. The molecule has 1 aliphatic rings. The standard InChI is InChI=1S/C15H19F2N3O/c1-10-9-21-11(2)7-19(10)8-14-18-12-5-3-4-6-13(12)20(14)15(16)17/h3-6,10-11,15H,7-9H2,1-2H3/t10-,11-/m1/s1. The zero-order valence-corrected chi connectivity index (χ0v) is 12.2. The minimum absolute atomic E-state index is 0.116. The molecule has 1 saturated heterocycles. The van der Waals surface area contributed by atoms with E-state index < -0.39 is 6.55 Å². The van der Waals surface area contributed by atoms with Gasteiger partial charge in [-0.05, 0) is 26.0 Å². The van der Waals surface area contributed by atoms with E-state index in [2.05, 4.69) is 9.88 Å².